The van der Waals surface area contributed by atoms with Gasteiger partial charge in [-0.2, -0.15) is 23.1 Å². The zero-order valence-electron chi connectivity index (χ0n) is 36.8. The standard InChI is InChI=1S/C46H51F6N7O6/c1-7-28-22-58(23-29(8-2)59(28)41(61)46(50,51)52)40-33-20-53-38(37(49)39(33)55-42(56-40)63-25-45(14-15-45)24-57-16-12-27(47)13-17-57)32-19-30(18-26-10-11-34(48)31(9-3)36(26)32)64-35(60)21-54-43(62)65-44(4,5)6/h3,10-11,18-20,27-29H,7-8,12-17,21-25H2,1-2,4-6H3,(H,54,62). The topological polar surface area (TPSA) is 139 Å². The summed E-state index contributed by atoms with van der Waals surface area (Å²) in [6.45, 7) is 9.49. The Kier molecular flexibility index (Phi) is 13.4. The van der Waals surface area contributed by atoms with Crippen molar-refractivity contribution in [2.45, 2.75) is 103 Å². The van der Waals surface area contributed by atoms with Crippen molar-refractivity contribution in [3.63, 3.8) is 0 Å². The minimum atomic E-state index is -5.10. The highest BCUT2D eigenvalue weighted by atomic mass is 19.4. The number of alkyl halides is 4. The fraction of sp³-hybridized carbons (Fsp3) is 0.522. The Morgan fingerprint density at radius 2 is 1.68 bits per heavy atom. The van der Waals surface area contributed by atoms with Crippen molar-refractivity contribution in [1.29, 1.82) is 0 Å². The van der Waals surface area contributed by atoms with Crippen LogP contribution < -0.4 is 19.7 Å². The highest BCUT2D eigenvalue weighted by Gasteiger charge is 2.49. The first-order valence-electron chi connectivity index (χ1n) is 21.6. The zero-order chi connectivity index (χ0) is 47.0. The molecule has 7 rings (SSSR count). The van der Waals surface area contributed by atoms with Crippen LogP contribution in [0.2, 0.25) is 0 Å². The summed E-state index contributed by atoms with van der Waals surface area (Å²) in [4.78, 5) is 56.4. The van der Waals surface area contributed by atoms with Gasteiger partial charge in [0.15, 0.2) is 5.82 Å². The fourth-order valence-corrected chi connectivity index (χ4v) is 8.58. The molecule has 4 aromatic rings. The number of benzene rings is 2. The maximum atomic E-state index is 17.5. The predicted octanol–water partition coefficient (Wildman–Crippen LogP) is 7.90. The van der Waals surface area contributed by atoms with E-state index in [9.17, 15) is 31.9 Å². The molecule has 19 heteroatoms. The number of piperazine rings is 1. The van der Waals surface area contributed by atoms with Gasteiger partial charge in [-0.15, -0.1) is 6.42 Å². The first-order valence-corrected chi connectivity index (χ1v) is 21.6. The van der Waals surface area contributed by atoms with Crippen molar-refractivity contribution < 1.29 is 54.9 Å². The van der Waals surface area contributed by atoms with Crippen molar-refractivity contribution in [3.8, 4) is 35.4 Å². The van der Waals surface area contributed by atoms with E-state index in [1.54, 1.807) is 39.5 Å². The number of halogens is 6. The van der Waals surface area contributed by atoms with E-state index in [0.29, 0.717) is 32.5 Å². The molecular weight excluding hydrogens is 861 g/mol. The maximum Gasteiger partial charge on any atom is 0.471 e. The summed E-state index contributed by atoms with van der Waals surface area (Å²) < 4.78 is 105. The Morgan fingerprint density at radius 1 is 1.00 bits per heavy atom. The quantitative estimate of drug-likeness (QED) is 0.0643. The number of nitrogens with zero attached hydrogens (tertiary/aromatic N) is 6. The van der Waals surface area contributed by atoms with E-state index in [1.807, 2.05) is 0 Å². The van der Waals surface area contributed by atoms with Crippen LogP contribution in [0.5, 0.6) is 11.8 Å². The lowest BCUT2D eigenvalue weighted by Crippen LogP contribution is -2.63. The third kappa shape index (κ3) is 10.5. The van der Waals surface area contributed by atoms with E-state index < -0.39 is 66.2 Å². The lowest BCUT2D eigenvalue weighted by molar-refractivity contribution is -0.191. The molecule has 2 aromatic carbocycles. The molecule has 1 N–H and O–H groups in total. The molecule has 3 aliphatic rings. The highest BCUT2D eigenvalue weighted by Crippen LogP contribution is 2.47. The molecular formula is C46H51F6N7O6. The third-order valence-corrected chi connectivity index (χ3v) is 12.0. The van der Waals surface area contributed by atoms with E-state index in [-0.39, 0.29) is 94.0 Å². The molecule has 3 fully saturated rings. The number of carbonyl (C=O) groups is 3. The van der Waals surface area contributed by atoms with Gasteiger partial charge in [0.2, 0.25) is 0 Å². The molecule has 13 nitrogen and oxygen atoms in total. The molecule has 0 bridgehead atoms. The molecule has 4 heterocycles. The van der Waals surface area contributed by atoms with Crippen molar-refractivity contribution in [2.75, 3.05) is 50.8 Å². The van der Waals surface area contributed by atoms with Crippen molar-refractivity contribution in [1.82, 2.24) is 30.1 Å². The molecule has 2 unspecified atom stereocenters. The molecule has 2 amide bonds. The van der Waals surface area contributed by atoms with E-state index in [1.165, 1.54) is 24.4 Å². The predicted molar refractivity (Wildman–Crippen MR) is 229 cm³/mol. The summed E-state index contributed by atoms with van der Waals surface area (Å²) in [6, 6.07) is 3.09. The van der Waals surface area contributed by atoms with Gasteiger partial charge in [-0.1, -0.05) is 25.8 Å². The van der Waals surface area contributed by atoms with Gasteiger partial charge in [-0.05, 0) is 82.9 Å². The SMILES string of the molecule is C#Cc1c(F)ccc2cc(OC(=O)CNC(=O)OC(C)(C)C)cc(-c3ncc4c(N5CC(CC)N(C(=O)C(F)(F)F)C(CC)C5)nc(OCC5(CN6CCC(F)CC6)CC5)nc4c3F)c12. The summed E-state index contributed by atoms with van der Waals surface area (Å²) >= 11 is 0. The number of nitrogens with one attached hydrogen (secondary N) is 1. The highest BCUT2D eigenvalue weighted by molar-refractivity contribution is 6.03. The number of ether oxygens (including phenoxy) is 3. The Bertz CT molecular complexity index is 2500. The number of aromatic nitrogens is 3. The number of fused-ring (bicyclic) bond motifs is 2. The lowest BCUT2D eigenvalue weighted by Gasteiger charge is -2.47. The van der Waals surface area contributed by atoms with Crippen LogP contribution in [-0.4, -0.2) is 119 Å². The number of esters is 1. The second-order valence-electron chi connectivity index (χ2n) is 18.0. The summed E-state index contributed by atoms with van der Waals surface area (Å²) in [5, 5.41) is 2.69. The van der Waals surface area contributed by atoms with Crippen LogP contribution >= 0.6 is 0 Å². The fourth-order valence-electron chi connectivity index (χ4n) is 8.58. The van der Waals surface area contributed by atoms with E-state index in [2.05, 4.69) is 26.1 Å². The molecule has 2 aliphatic heterocycles. The van der Waals surface area contributed by atoms with Crippen LogP contribution in [0, 0.1) is 29.4 Å². The van der Waals surface area contributed by atoms with Gasteiger partial charge in [-0.25, -0.2) is 22.8 Å². The molecule has 2 atom stereocenters. The van der Waals surface area contributed by atoms with Gasteiger partial charge in [0, 0.05) is 67.4 Å². The molecule has 2 saturated heterocycles. The van der Waals surface area contributed by atoms with Crippen LogP contribution in [0.4, 0.5) is 37.0 Å². The second-order valence-corrected chi connectivity index (χ2v) is 18.0. The van der Waals surface area contributed by atoms with Crippen LogP contribution in [0.3, 0.4) is 0 Å². The summed E-state index contributed by atoms with van der Waals surface area (Å²) in [6.07, 6.45) is 3.09. The minimum Gasteiger partial charge on any atom is -0.463 e. The number of rotatable bonds is 12. The number of amides is 2. The van der Waals surface area contributed by atoms with Crippen LogP contribution in [0.1, 0.15) is 78.7 Å². The zero-order valence-corrected chi connectivity index (χ0v) is 36.8. The number of terminal acetylenes is 1. The maximum absolute atomic E-state index is 17.5. The van der Waals surface area contributed by atoms with Gasteiger partial charge in [0.1, 0.15) is 46.9 Å². The number of pyridine rings is 1. The number of piperidine rings is 1. The van der Waals surface area contributed by atoms with Crippen LogP contribution in [0.25, 0.3) is 32.9 Å². The molecule has 348 valence electrons. The molecule has 2 aromatic heterocycles. The van der Waals surface area contributed by atoms with Crippen molar-refractivity contribution in [2.24, 2.45) is 5.41 Å². The smallest absolute Gasteiger partial charge is 0.463 e. The van der Waals surface area contributed by atoms with Crippen LogP contribution in [0.15, 0.2) is 30.5 Å². The second kappa shape index (κ2) is 18.5. The normalized spacial score (nSPS) is 19.2. The minimum absolute atomic E-state index is 0.0604. The number of anilines is 1. The molecule has 1 aliphatic carbocycles. The molecule has 0 radical (unpaired) electrons. The van der Waals surface area contributed by atoms with Crippen molar-refractivity contribution in [3.05, 3.63) is 47.7 Å². The van der Waals surface area contributed by atoms with Gasteiger partial charge in [0.25, 0.3) is 0 Å². The molecule has 1 saturated carbocycles. The number of hydrogen-bond acceptors (Lipinski definition) is 11. The Morgan fingerprint density at radius 3 is 2.28 bits per heavy atom. The first-order chi connectivity index (χ1) is 30.7. The summed E-state index contributed by atoms with van der Waals surface area (Å²) in [5.74, 6) is -2.39. The number of alkyl carbamates (subject to hydrolysis) is 1. The van der Waals surface area contributed by atoms with E-state index >= 15 is 8.78 Å². The first kappa shape index (κ1) is 47.1. The Hall–Kier alpha value is -5.90. The number of carbonyl (C=O) groups excluding carboxylic acids is 3. The number of likely N-dealkylation sites (tertiary alicyclic amines) is 1. The van der Waals surface area contributed by atoms with E-state index in [0.717, 1.165) is 23.8 Å². The summed E-state index contributed by atoms with van der Waals surface area (Å²) in [5.41, 5.74) is -2.11. The molecule has 0 spiro atoms. The van der Waals surface area contributed by atoms with Gasteiger partial charge < -0.3 is 34.2 Å². The Balaban J connectivity index is 1.31. The van der Waals surface area contributed by atoms with Gasteiger partial charge >= 0.3 is 30.2 Å². The van der Waals surface area contributed by atoms with Crippen LogP contribution in [-0.2, 0) is 14.3 Å². The largest absolute Gasteiger partial charge is 0.471 e. The third-order valence-electron chi connectivity index (χ3n) is 12.0. The van der Waals surface area contributed by atoms with Gasteiger partial charge in [-0.3, -0.25) is 9.78 Å². The monoisotopic (exact) mass is 911 g/mol. The average Bonchev–Trinajstić information content (AvgIpc) is 4.03. The molecule has 65 heavy (non-hydrogen) atoms. The van der Waals surface area contributed by atoms with Crippen molar-refractivity contribution >= 4 is 45.5 Å². The van der Waals surface area contributed by atoms with Gasteiger partial charge in [0.05, 0.1) is 17.6 Å². The lowest BCUT2D eigenvalue weighted by atomic mass is 9.95. The summed E-state index contributed by atoms with van der Waals surface area (Å²) in [7, 11) is 0. The average molecular weight is 912 g/mol. The Labute approximate surface area is 372 Å². The van der Waals surface area contributed by atoms with E-state index in [4.69, 9.17) is 25.6 Å². The number of hydrogen-bond donors (Lipinski definition) is 1.